The van der Waals surface area contributed by atoms with Gasteiger partial charge in [0, 0.05) is 12.8 Å². The molecule has 0 aliphatic rings. The highest BCUT2D eigenvalue weighted by Gasteiger charge is 1.98. The van der Waals surface area contributed by atoms with Gasteiger partial charge < -0.3 is 15.2 Å². The Morgan fingerprint density at radius 2 is 2.13 bits per heavy atom. The third-order valence-corrected chi connectivity index (χ3v) is 2.44. The number of ether oxygens (including phenoxy) is 2. The molecule has 0 aromatic carbocycles. The predicted molar refractivity (Wildman–Crippen MR) is 61.8 cm³/mol. The number of rotatable bonds is 7. The zero-order valence-electron chi connectivity index (χ0n) is 9.23. The van der Waals surface area contributed by atoms with Crippen LogP contribution in [0.25, 0.3) is 0 Å². The van der Waals surface area contributed by atoms with Gasteiger partial charge in [0.05, 0.1) is 24.7 Å². The molecule has 0 saturated heterocycles. The third-order valence-electron chi connectivity index (χ3n) is 1.64. The summed E-state index contributed by atoms with van der Waals surface area (Å²) in [5.74, 6) is 0.575. The SMILES string of the molecule is CC(C)COCCOCc1cnc(N)s1. The maximum Gasteiger partial charge on any atom is 0.180 e. The molecule has 0 aliphatic carbocycles. The average Bonchev–Trinajstić information content (AvgIpc) is 2.57. The van der Waals surface area contributed by atoms with E-state index in [-0.39, 0.29) is 0 Å². The minimum absolute atomic E-state index is 0.569. The lowest BCUT2D eigenvalue weighted by Gasteiger charge is -2.06. The molecule has 0 fully saturated rings. The maximum atomic E-state index is 5.49. The van der Waals surface area contributed by atoms with E-state index in [1.165, 1.54) is 11.3 Å². The second-order valence-corrected chi connectivity index (χ2v) is 4.83. The van der Waals surface area contributed by atoms with Crippen LogP contribution in [-0.4, -0.2) is 24.8 Å². The van der Waals surface area contributed by atoms with Gasteiger partial charge in [-0.05, 0) is 5.92 Å². The van der Waals surface area contributed by atoms with Crippen LogP contribution in [0.4, 0.5) is 5.13 Å². The van der Waals surface area contributed by atoms with Gasteiger partial charge in [0.15, 0.2) is 5.13 Å². The minimum Gasteiger partial charge on any atom is -0.379 e. The van der Waals surface area contributed by atoms with E-state index in [0.29, 0.717) is 30.9 Å². The molecule has 0 radical (unpaired) electrons. The molecule has 0 spiro atoms. The van der Waals surface area contributed by atoms with Crippen LogP contribution in [0.15, 0.2) is 6.20 Å². The van der Waals surface area contributed by atoms with E-state index in [4.69, 9.17) is 15.2 Å². The largest absolute Gasteiger partial charge is 0.379 e. The third kappa shape index (κ3) is 5.71. The fourth-order valence-electron chi connectivity index (χ4n) is 0.999. The lowest BCUT2D eigenvalue weighted by Crippen LogP contribution is -2.08. The van der Waals surface area contributed by atoms with Crippen molar-refractivity contribution in [3.05, 3.63) is 11.1 Å². The number of nitrogen functional groups attached to an aromatic ring is 1. The highest BCUT2D eigenvalue weighted by molar-refractivity contribution is 7.15. The van der Waals surface area contributed by atoms with Crippen LogP contribution < -0.4 is 5.73 Å². The molecule has 0 bridgehead atoms. The summed E-state index contributed by atoms with van der Waals surface area (Å²) in [5, 5.41) is 0.588. The minimum atomic E-state index is 0.569. The van der Waals surface area contributed by atoms with Crippen molar-refractivity contribution in [2.75, 3.05) is 25.6 Å². The maximum absolute atomic E-state index is 5.49. The molecule has 0 saturated carbocycles. The molecule has 1 aromatic heterocycles. The van der Waals surface area contributed by atoms with Crippen LogP contribution in [-0.2, 0) is 16.1 Å². The second kappa shape index (κ2) is 6.76. The smallest absolute Gasteiger partial charge is 0.180 e. The molecule has 5 heteroatoms. The van der Waals surface area contributed by atoms with E-state index < -0.39 is 0 Å². The molecule has 1 rings (SSSR count). The van der Waals surface area contributed by atoms with Crippen molar-refractivity contribution in [1.82, 2.24) is 4.98 Å². The van der Waals surface area contributed by atoms with Gasteiger partial charge in [-0.1, -0.05) is 25.2 Å². The number of thiazole rings is 1. The van der Waals surface area contributed by atoms with E-state index in [2.05, 4.69) is 18.8 Å². The highest BCUT2D eigenvalue weighted by atomic mass is 32.1. The van der Waals surface area contributed by atoms with Crippen LogP contribution in [0.5, 0.6) is 0 Å². The Balaban J connectivity index is 1.98. The standard InChI is InChI=1S/C10H18N2O2S/c1-8(2)6-13-3-4-14-7-9-5-12-10(11)15-9/h5,8H,3-4,6-7H2,1-2H3,(H2,11,12). The zero-order chi connectivity index (χ0) is 11.1. The van der Waals surface area contributed by atoms with Crippen molar-refractivity contribution in [2.45, 2.75) is 20.5 Å². The molecule has 0 aliphatic heterocycles. The van der Waals surface area contributed by atoms with Crippen LogP contribution in [0.3, 0.4) is 0 Å². The van der Waals surface area contributed by atoms with Crippen LogP contribution in [0.1, 0.15) is 18.7 Å². The van der Waals surface area contributed by atoms with Crippen molar-refractivity contribution in [3.63, 3.8) is 0 Å². The fraction of sp³-hybridized carbons (Fsp3) is 0.700. The van der Waals surface area contributed by atoms with Crippen molar-refractivity contribution < 1.29 is 9.47 Å². The van der Waals surface area contributed by atoms with Crippen LogP contribution in [0.2, 0.25) is 0 Å². The zero-order valence-corrected chi connectivity index (χ0v) is 10.0. The lowest BCUT2D eigenvalue weighted by atomic mass is 10.2. The molecule has 0 atom stereocenters. The summed E-state index contributed by atoms with van der Waals surface area (Å²) in [6.07, 6.45) is 1.75. The summed E-state index contributed by atoms with van der Waals surface area (Å²) in [6.45, 7) is 6.87. The Hall–Kier alpha value is -0.650. The van der Waals surface area contributed by atoms with Crippen molar-refractivity contribution in [3.8, 4) is 0 Å². The van der Waals surface area contributed by atoms with Crippen LogP contribution in [0, 0.1) is 5.92 Å². The summed E-state index contributed by atoms with van der Waals surface area (Å²) in [7, 11) is 0. The summed E-state index contributed by atoms with van der Waals surface area (Å²) in [6, 6.07) is 0. The summed E-state index contributed by atoms with van der Waals surface area (Å²) in [4.78, 5) is 4.99. The molecule has 0 unspecified atom stereocenters. The van der Waals surface area contributed by atoms with Gasteiger partial charge in [-0.2, -0.15) is 0 Å². The average molecular weight is 230 g/mol. The predicted octanol–water partition coefficient (Wildman–Crippen LogP) is 1.91. The molecule has 1 heterocycles. The van der Waals surface area contributed by atoms with Gasteiger partial charge in [-0.25, -0.2) is 4.98 Å². The van der Waals surface area contributed by atoms with Gasteiger partial charge in [0.25, 0.3) is 0 Å². The van der Waals surface area contributed by atoms with E-state index in [9.17, 15) is 0 Å². The van der Waals surface area contributed by atoms with E-state index >= 15 is 0 Å². The Bertz CT molecular complexity index is 276. The number of hydrogen-bond acceptors (Lipinski definition) is 5. The van der Waals surface area contributed by atoms with Gasteiger partial charge in [0.1, 0.15) is 0 Å². The Morgan fingerprint density at radius 3 is 2.73 bits per heavy atom. The van der Waals surface area contributed by atoms with Crippen molar-refractivity contribution in [1.29, 1.82) is 0 Å². The van der Waals surface area contributed by atoms with E-state index in [1.807, 2.05) is 0 Å². The molecule has 1 aromatic rings. The Morgan fingerprint density at radius 1 is 1.40 bits per heavy atom. The Labute approximate surface area is 94.4 Å². The molecular weight excluding hydrogens is 212 g/mol. The first-order chi connectivity index (χ1) is 7.18. The quantitative estimate of drug-likeness (QED) is 0.727. The normalized spacial score (nSPS) is 11.1. The van der Waals surface area contributed by atoms with E-state index in [1.54, 1.807) is 6.20 Å². The number of nitrogens with zero attached hydrogens (tertiary/aromatic N) is 1. The lowest BCUT2D eigenvalue weighted by molar-refractivity contribution is 0.0322. The fourth-order valence-corrected chi connectivity index (χ4v) is 1.62. The molecule has 15 heavy (non-hydrogen) atoms. The van der Waals surface area contributed by atoms with Crippen molar-refractivity contribution >= 4 is 16.5 Å². The van der Waals surface area contributed by atoms with Gasteiger partial charge in [-0.3, -0.25) is 0 Å². The first-order valence-electron chi connectivity index (χ1n) is 5.04. The Kier molecular flexibility index (Phi) is 5.60. The number of hydrogen-bond donors (Lipinski definition) is 1. The number of anilines is 1. The molecule has 4 nitrogen and oxygen atoms in total. The first kappa shape index (κ1) is 12.4. The van der Waals surface area contributed by atoms with Gasteiger partial charge >= 0.3 is 0 Å². The topological polar surface area (TPSA) is 57.4 Å². The molecular formula is C10H18N2O2S. The second-order valence-electron chi connectivity index (χ2n) is 3.69. The summed E-state index contributed by atoms with van der Waals surface area (Å²) < 4.78 is 10.8. The summed E-state index contributed by atoms with van der Waals surface area (Å²) >= 11 is 1.46. The van der Waals surface area contributed by atoms with Gasteiger partial charge in [0.2, 0.25) is 0 Å². The number of aromatic nitrogens is 1. The summed E-state index contributed by atoms with van der Waals surface area (Å²) in [5.41, 5.74) is 5.49. The van der Waals surface area contributed by atoms with Crippen LogP contribution >= 0.6 is 11.3 Å². The first-order valence-corrected chi connectivity index (χ1v) is 5.86. The number of nitrogens with two attached hydrogens (primary N) is 1. The monoisotopic (exact) mass is 230 g/mol. The molecule has 2 N–H and O–H groups in total. The molecule has 86 valence electrons. The van der Waals surface area contributed by atoms with E-state index in [0.717, 1.165) is 11.5 Å². The van der Waals surface area contributed by atoms with Crippen molar-refractivity contribution in [2.24, 2.45) is 5.92 Å². The molecule has 0 amide bonds. The highest BCUT2D eigenvalue weighted by Crippen LogP contribution is 2.14. The van der Waals surface area contributed by atoms with Gasteiger partial charge in [-0.15, -0.1) is 0 Å².